The van der Waals surface area contributed by atoms with E-state index in [9.17, 15) is 22.8 Å². The van der Waals surface area contributed by atoms with Gasteiger partial charge in [-0.25, -0.2) is 0 Å². The smallest absolute Gasteiger partial charge is 0.371 e. The highest BCUT2D eigenvalue weighted by Gasteiger charge is 2.50. The molecule has 1 aliphatic carbocycles. The molecule has 9 heteroatoms. The van der Waals surface area contributed by atoms with Crippen LogP contribution in [0.1, 0.15) is 63.5 Å². The zero-order valence-electron chi connectivity index (χ0n) is 19.6. The van der Waals surface area contributed by atoms with Crippen LogP contribution in [0.4, 0.5) is 18.9 Å². The second-order valence-electron chi connectivity index (χ2n) is 10.4. The number of rotatable bonds is 5. The summed E-state index contributed by atoms with van der Waals surface area (Å²) in [5.41, 5.74) is -1.08. The maximum absolute atomic E-state index is 13.4. The summed E-state index contributed by atoms with van der Waals surface area (Å²) in [7, 11) is 0. The normalized spacial score (nSPS) is 22.2. The van der Waals surface area contributed by atoms with Crippen molar-refractivity contribution >= 4 is 17.5 Å². The van der Waals surface area contributed by atoms with E-state index in [-0.39, 0.29) is 34.8 Å². The first-order valence-corrected chi connectivity index (χ1v) is 12.0. The van der Waals surface area contributed by atoms with E-state index in [0.29, 0.717) is 51.0 Å². The maximum Gasteiger partial charge on any atom is 0.417 e. The molecule has 6 nitrogen and oxygen atoms in total. The number of anilines is 1. The lowest BCUT2D eigenvalue weighted by molar-refractivity contribution is -0.139. The minimum atomic E-state index is -4.59. The average Bonchev–Trinajstić information content (AvgIpc) is 3.51. The number of nitrogens with one attached hydrogen (secondary N) is 1. The van der Waals surface area contributed by atoms with E-state index < -0.39 is 17.8 Å². The fraction of sp³-hybridized carbons (Fsp3) is 0.640. The van der Waals surface area contributed by atoms with Crippen LogP contribution in [0.25, 0.3) is 0 Å². The third-order valence-electron chi connectivity index (χ3n) is 7.26. The van der Waals surface area contributed by atoms with Gasteiger partial charge in [0, 0.05) is 37.8 Å². The molecule has 3 fully saturated rings. The maximum atomic E-state index is 13.4. The molecule has 0 aromatic heterocycles. The SMILES string of the molecule is CC(C)CC(=O)N1CC2(CCN(c3ccc(C#N)c(C(F)(F)F)c3)CC2)CC1C(=O)NC1CC1. The Bertz CT molecular complexity index is 963. The predicted molar refractivity (Wildman–Crippen MR) is 121 cm³/mol. The Morgan fingerprint density at radius 3 is 2.47 bits per heavy atom. The third-order valence-corrected chi connectivity index (χ3v) is 7.26. The Labute approximate surface area is 198 Å². The van der Waals surface area contributed by atoms with Crippen molar-refractivity contribution in [3.05, 3.63) is 29.3 Å². The molecular weight excluding hydrogens is 445 g/mol. The van der Waals surface area contributed by atoms with Crippen molar-refractivity contribution in [2.75, 3.05) is 24.5 Å². The number of hydrogen-bond donors (Lipinski definition) is 1. The van der Waals surface area contributed by atoms with Gasteiger partial charge in [-0.15, -0.1) is 0 Å². The van der Waals surface area contributed by atoms with Crippen molar-refractivity contribution in [2.45, 2.75) is 70.6 Å². The molecule has 2 saturated heterocycles. The molecule has 2 heterocycles. The van der Waals surface area contributed by atoms with Gasteiger partial charge in [0.25, 0.3) is 0 Å². The molecule has 2 aliphatic heterocycles. The lowest BCUT2D eigenvalue weighted by Crippen LogP contribution is -2.46. The number of piperidine rings is 1. The van der Waals surface area contributed by atoms with E-state index in [1.54, 1.807) is 17.0 Å². The fourth-order valence-electron chi connectivity index (χ4n) is 5.21. The van der Waals surface area contributed by atoms with Crippen LogP contribution in [0, 0.1) is 22.7 Å². The highest BCUT2D eigenvalue weighted by molar-refractivity contribution is 5.89. The number of hydrogen-bond acceptors (Lipinski definition) is 4. The number of likely N-dealkylation sites (tertiary alicyclic amines) is 1. The minimum Gasteiger partial charge on any atom is -0.371 e. The number of carbonyl (C=O) groups excluding carboxylic acids is 2. The highest BCUT2D eigenvalue weighted by atomic mass is 19.4. The standard InChI is InChI=1S/C25H31F3N4O2/c1-16(2)11-22(33)32-15-24(13-21(32)23(34)30-18-4-5-18)7-9-31(10-8-24)19-6-3-17(14-29)20(12-19)25(26,27)28/h3,6,12,16,18,21H,4-5,7-11,13,15H2,1-2H3,(H,30,34). The van der Waals surface area contributed by atoms with Crippen molar-refractivity contribution in [1.29, 1.82) is 5.26 Å². The van der Waals surface area contributed by atoms with E-state index >= 15 is 0 Å². The first-order chi connectivity index (χ1) is 16.0. The van der Waals surface area contributed by atoms with Crippen LogP contribution in [0.15, 0.2) is 18.2 Å². The van der Waals surface area contributed by atoms with Gasteiger partial charge in [-0.3, -0.25) is 9.59 Å². The van der Waals surface area contributed by atoms with Gasteiger partial charge in [-0.1, -0.05) is 13.8 Å². The number of nitrogens with zero attached hydrogens (tertiary/aromatic N) is 3. The summed E-state index contributed by atoms with van der Waals surface area (Å²) in [6, 6.07) is 5.19. The monoisotopic (exact) mass is 476 g/mol. The van der Waals surface area contributed by atoms with E-state index in [0.717, 1.165) is 18.9 Å². The molecular formula is C25H31F3N4O2. The first kappa shape index (κ1) is 24.4. The van der Waals surface area contributed by atoms with E-state index in [1.165, 1.54) is 6.07 Å². The topological polar surface area (TPSA) is 76.4 Å². The molecule has 2 amide bonds. The zero-order chi connectivity index (χ0) is 24.7. The molecule has 4 rings (SSSR count). The molecule has 34 heavy (non-hydrogen) atoms. The largest absolute Gasteiger partial charge is 0.417 e. The van der Waals surface area contributed by atoms with Crippen molar-refractivity contribution < 1.29 is 22.8 Å². The molecule has 1 N–H and O–H groups in total. The summed E-state index contributed by atoms with van der Waals surface area (Å²) < 4.78 is 40.2. The lowest BCUT2D eigenvalue weighted by atomic mass is 9.76. The molecule has 1 aromatic rings. The Morgan fingerprint density at radius 2 is 1.91 bits per heavy atom. The van der Waals surface area contributed by atoms with Gasteiger partial charge >= 0.3 is 6.18 Å². The third kappa shape index (κ3) is 5.16. The Hall–Kier alpha value is -2.76. The first-order valence-electron chi connectivity index (χ1n) is 12.0. The molecule has 1 atom stereocenters. The van der Waals surface area contributed by atoms with Gasteiger partial charge in [0.2, 0.25) is 11.8 Å². The second kappa shape index (κ2) is 9.12. The highest BCUT2D eigenvalue weighted by Crippen LogP contribution is 2.45. The summed E-state index contributed by atoms with van der Waals surface area (Å²) in [6.45, 7) is 5.54. The number of alkyl halides is 3. The zero-order valence-corrected chi connectivity index (χ0v) is 19.6. The number of halogens is 3. The van der Waals surface area contributed by atoms with E-state index in [2.05, 4.69) is 5.32 Å². The van der Waals surface area contributed by atoms with Crippen molar-refractivity contribution in [1.82, 2.24) is 10.2 Å². The average molecular weight is 477 g/mol. The number of amides is 2. The van der Waals surface area contributed by atoms with Gasteiger partial charge in [0.1, 0.15) is 6.04 Å². The summed E-state index contributed by atoms with van der Waals surface area (Å²) in [6.07, 6.45) is -0.291. The molecule has 1 aromatic carbocycles. The van der Waals surface area contributed by atoms with Crippen molar-refractivity contribution in [3.63, 3.8) is 0 Å². The second-order valence-corrected chi connectivity index (χ2v) is 10.4. The van der Waals surface area contributed by atoms with Crippen LogP contribution in [-0.2, 0) is 15.8 Å². The van der Waals surface area contributed by atoms with Crippen LogP contribution in [0.2, 0.25) is 0 Å². The van der Waals surface area contributed by atoms with Crippen LogP contribution in [-0.4, -0.2) is 48.4 Å². The summed E-state index contributed by atoms with van der Waals surface area (Å²) in [4.78, 5) is 29.6. The fourth-order valence-corrected chi connectivity index (χ4v) is 5.21. The van der Waals surface area contributed by atoms with Crippen molar-refractivity contribution in [3.8, 4) is 6.07 Å². The van der Waals surface area contributed by atoms with E-state index in [4.69, 9.17) is 5.26 Å². The number of nitriles is 1. The molecule has 3 aliphatic rings. The Morgan fingerprint density at radius 1 is 1.24 bits per heavy atom. The predicted octanol–water partition coefficient (Wildman–Crippen LogP) is 4.09. The van der Waals surface area contributed by atoms with Gasteiger partial charge in [0.15, 0.2) is 0 Å². The Balaban J connectivity index is 1.49. The Kier molecular flexibility index (Phi) is 6.54. The quantitative estimate of drug-likeness (QED) is 0.695. The van der Waals surface area contributed by atoms with Gasteiger partial charge in [-0.05, 0) is 61.6 Å². The molecule has 1 unspecified atom stereocenters. The molecule has 184 valence electrons. The summed E-state index contributed by atoms with van der Waals surface area (Å²) in [5, 5.41) is 12.1. The van der Waals surface area contributed by atoms with Crippen molar-refractivity contribution in [2.24, 2.45) is 11.3 Å². The van der Waals surface area contributed by atoms with Gasteiger partial charge in [0.05, 0.1) is 17.2 Å². The van der Waals surface area contributed by atoms with Crippen LogP contribution in [0.3, 0.4) is 0 Å². The van der Waals surface area contributed by atoms with Crippen LogP contribution >= 0.6 is 0 Å². The molecule has 0 bridgehead atoms. The minimum absolute atomic E-state index is 0.00726. The summed E-state index contributed by atoms with van der Waals surface area (Å²) >= 11 is 0. The van der Waals surface area contributed by atoms with E-state index in [1.807, 2.05) is 18.7 Å². The lowest BCUT2D eigenvalue weighted by Gasteiger charge is -2.40. The molecule has 1 saturated carbocycles. The molecule has 0 radical (unpaired) electrons. The molecule has 1 spiro atoms. The van der Waals surface area contributed by atoms with Gasteiger partial charge < -0.3 is 15.1 Å². The summed E-state index contributed by atoms with van der Waals surface area (Å²) in [5.74, 6) is 0.102. The van der Waals surface area contributed by atoms with Crippen LogP contribution in [0.5, 0.6) is 0 Å². The van der Waals surface area contributed by atoms with Gasteiger partial charge in [-0.2, -0.15) is 18.4 Å². The number of carbonyl (C=O) groups is 2. The van der Waals surface area contributed by atoms with Crippen LogP contribution < -0.4 is 10.2 Å². The number of benzene rings is 1.